The van der Waals surface area contributed by atoms with E-state index >= 15 is 0 Å². The number of carbonyl (C=O) groups excluding carboxylic acids is 2. The van der Waals surface area contributed by atoms with E-state index in [2.05, 4.69) is 29.6 Å². The van der Waals surface area contributed by atoms with Gasteiger partial charge in [0, 0.05) is 32.0 Å². The minimum Gasteiger partial charge on any atom is -0.481 e. The third kappa shape index (κ3) is 5.24. The summed E-state index contributed by atoms with van der Waals surface area (Å²) in [6.07, 6.45) is 3.44. The number of amides is 2. The van der Waals surface area contributed by atoms with Crippen LogP contribution in [-0.2, 0) is 14.3 Å². The average Bonchev–Trinajstić information content (AvgIpc) is 3.12. The molecule has 0 saturated heterocycles. The van der Waals surface area contributed by atoms with E-state index in [9.17, 15) is 14.4 Å². The van der Waals surface area contributed by atoms with Crippen molar-refractivity contribution >= 4 is 18.0 Å². The first kappa shape index (κ1) is 23.8. The fourth-order valence-electron chi connectivity index (χ4n) is 4.90. The van der Waals surface area contributed by atoms with E-state index in [1.807, 2.05) is 24.3 Å². The molecule has 0 aromatic heterocycles. The second-order valence-electron chi connectivity index (χ2n) is 9.23. The van der Waals surface area contributed by atoms with Gasteiger partial charge < -0.3 is 20.1 Å². The molecule has 2 N–H and O–H groups in total. The normalized spacial score (nSPS) is 18.4. The summed E-state index contributed by atoms with van der Waals surface area (Å²) in [6, 6.07) is 16.5. The van der Waals surface area contributed by atoms with Gasteiger partial charge in [0.05, 0.1) is 5.92 Å². The highest BCUT2D eigenvalue weighted by Gasteiger charge is 2.38. The number of alkyl carbamates (subject to hydrolysis) is 1. The van der Waals surface area contributed by atoms with E-state index in [0.29, 0.717) is 32.4 Å². The first-order valence-electron chi connectivity index (χ1n) is 12.0. The van der Waals surface area contributed by atoms with Gasteiger partial charge in [-0.05, 0) is 47.9 Å². The van der Waals surface area contributed by atoms with Crippen LogP contribution in [0.1, 0.15) is 55.6 Å². The van der Waals surface area contributed by atoms with Crippen LogP contribution in [0.15, 0.2) is 48.5 Å². The minimum absolute atomic E-state index is 0.0441. The van der Waals surface area contributed by atoms with E-state index in [4.69, 9.17) is 9.84 Å². The van der Waals surface area contributed by atoms with Crippen LogP contribution in [0.5, 0.6) is 0 Å². The number of aliphatic carboxylic acids is 1. The number of nitrogens with zero attached hydrogens (tertiary/aromatic N) is 1. The van der Waals surface area contributed by atoms with Crippen LogP contribution >= 0.6 is 0 Å². The zero-order valence-corrected chi connectivity index (χ0v) is 19.5. The Morgan fingerprint density at radius 3 is 2.21 bits per heavy atom. The van der Waals surface area contributed by atoms with Gasteiger partial charge in [0.2, 0.25) is 5.91 Å². The highest BCUT2D eigenvalue weighted by molar-refractivity contribution is 5.79. The van der Waals surface area contributed by atoms with Crippen molar-refractivity contribution in [3.8, 4) is 11.1 Å². The quantitative estimate of drug-likeness (QED) is 0.508. The number of fused-ring (bicyclic) bond motifs is 3. The van der Waals surface area contributed by atoms with Crippen LogP contribution in [0, 0.1) is 5.92 Å². The second-order valence-corrected chi connectivity index (χ2v) is 9.23. The Bertz CT molecular complexity index is 1000. The molecule has 0 atom stereocenters. The summed E-state index contributed by atoms with van der Waals surface area (Å²) < 4.78 is 5.53. The smallest absolute Gasteiger partial charge is 0.407 e. The second kappa shape index (κ2) is 10.7. The largest absolute Gasteiger partial charge is 0.481 e. The number of unbranched alkanes of at least 4 members (excludes halogenated alkanes) is 2. The molecule has 2 aromatic carbocycles. The van der Waals surface area contributed by atoms with Crippen LogP contribution < -0.4 is 5.32 Å². The zero-order chi connectivity index (χ0) is 24.1. The van der Waals surface area contributed by atoms with Gasteiger partial charge in [0.25, 0.3) is 0 Å². The predicted molar refractivity (Wildman–Crippen MR) is 128 cm³/mol. The standard InChI is InChI=1S/C27H32N2O5/c1-29(19-15-18(16-19)26(31)32)25(30)13-3-2-8-14-28-27(33)34-17-24-22-11-6-4-9-20(22)21-10-5-7-12-23(21)24/h4-7,9-12,18-19,24H,2-3,8,13-17H2,1H3,(H,28,33)(H,31,32). The van der Waals surface area contributed by atoms with Crippen LogP contribution in [-0.4, -0.2) is 54.2 Å². The summed E-state index contributed by atoms with van der Waals surface area (Å²) in [5, 5.41) is 11.8. The molecular weight excluding hydrogens is 432 g/mol. The summed E-state index contributed by atoms with van der Waals surface area (Å²) in [7, 11) is 1.75. The lowest BCUT2D eigenvalue weighted by molar-refractivity contribution is -0.150. The summed E-state index contributed by atoms with van der Waals surface area (Å²) in [5.74, 6) is -0.994. The number of carboxylic acids is 1. The van der Waals surface area contributed by atoms with Gasteiger partial charge in [0.15, 0.2) is 0 Å². The molecule has 2 aromatic rings. The van der Waals surface area contributed by atoms with Gasteiger partial charge in [-0.1, -0.05) is 55.0 Å². The van der Waals surface area contributed by atoms with E-state index in [1.165, 1.54) is 22.3 Å². The molecule has 4 rings (SSSR count). The van der Waals surface area contributed by atoms with E-state index < -0.39 is 12.1 Å². The molecule has 7 heteroatoms. The van der Waals surface area contributed by atoms with Crippen molar-refractivity contribution in [2.24, 2.45) is 5.92 Å². The lowest BCUT2D eigenvalue weighted by atomic mass is 9.79. The Labute approximate surface area is 200 Å². The maximum atomic E-state index is 12.3. The van der Waals surface area contributed by atoms with Crippen molar-refractivity contribution in [1.29, 1.82) is 0 Å². The number of hydrogen-bond acceptors (Lipinski definition) is 4. The van der Waals surface area contributed by atoms with Gasteiger partial charge in [-0.25, -0.2) is 4.79 Å². The molecule has 0 radical (unpaired) electrons. The summed E-state index contributed by atoms with van der Waals surface area (Å²) in [4.78, 5) is 37.1. The summed E-state index contributed by atoms with van der Waals surface area (Å²) in [5.41, 5.74) is 4.77. The number of ether oxygens (including phenoxy) is 1. The van der Waals surface area contributed by atoms with E-state index in [0.717, 1.165) is 19.3 Å². The first-order chi connectivity index (χ1) is 16.5. The lowest BCUT2D eigenvalue weighted by Crippen LogP contribution is -2.47. The van der Waals surface area contributed by atoms with Gasteiger partial charge >= 0.3 is 12.1 Å². The molecule has 1 fully saturated rings. The van der Waals surface area contributed by atoms with Crippen molar-refractivity contribution in [3.63, 3.8) is 0 Å². The Morgan fingerprint density at radius 2 is 1.59 bits per heavy atom. The Hall–Kier alpha value is -3.35. The molecule has 7 nitrogen and oxygen atoms in total. The van der Waals surface area contributed by atoms with Crippen LogP contribution in [0.3, 0.4) is 0 Å². The maximum absolute atomic E-state index is 12.3. The van der Waals surface area contributed by atoms with E-state index in [1.54, 1.807) is 11.9 Å². The first-order valence-corrected chi connectivity index (χ1v) is 12.0. The molecule has 0 spiro atoms. The number of nitrogens with one attached hydrogen (secondary N) is 1. The van der Waals surface area contributed by atoms with E-state index in [-0.39, 0.29) is 23.8 Å². The van der Waals surface area contributed by atoms with Crippen LogP contribution in [0.25, 0.3) is 11.1 Å². The monoisotopic (exact) mass is 464 g/mol. The molecular formula is C27H32N2O5. The molecule has 0 bridgehead atoms. The fourth-order valence-corrected chi connectivity index (χ4v) is 4.90. The number of carbonyl (C=O) groups is 3. The van der Waals surface area contributed by atoms with Crippen molar-refractivity contribution in [2.75, 3.05) is 20.2 Å². The molecule has 2 amide bonds. The fraction of sp³-hybridized carbons (Fsp3) is 0.444. The highest BCUT2D eigenvalue weighted by Crippen LogP contribution is 2.44. The molecule has 1 saturated carbocycles. The van der Waals surface area contributed by atoms with Gasteiger partial charge in [-0.2, -0.15) is 0 Å². The Balaban J connectivity index is 1.11. The third-order valence-electron chi connectivity index (χ3n) is 7.08. The van der Waals surface area contributed by atoms with Gasteiger partial charge in [0.1, 0.15) is 6.61 Å². The molecule has 0 unspecified atom stereocenters. The lowest BCUT2D eigenvalue weighted by Gasteiger charge is -2.39. The van der Waals surface area contributed by atoms with Gasteiger partial charge in [-0.15, -0.1) is 0 Å². The van der Waals surface area contributed by atoms with Crippen LogP contribution in [0.4, 0.5) is 4.79 Å². The topological polar surface area (TPSA) is 95.9 Å². The SMILES string of the molecule is CN(C(=O)CCCCCNC(=O)OCC1c2ccccc2-c2ccccc21)C1CC(C(=O)O)C1. The molecule has 2 aliphatic carbocycles. The number of carboxylic acid groups (broad SMARTS) is 1. The zero-order valence-electron chi connectivity index (χ0n) is 19.5. The molecule has 0 aliphatic heterocycles. The maximum Gasteiger partial charge on any atom is 0.407 e. The molecule has 34 heavy (non-hydrogen) atoms. The number of rotatable bonds is 10. The van der Waals surface area contributed by atoms with Gasteiger partial charge in [-0.3, -0.25) is 9.59 Å². The predicted octanol–water partition coefficient (Wildman–Crippen LogP) is 4.41. The van der Waals surface area contributed by atoms with Crippen molar-refractivity contribution in [1.82, 2.24) is 10.2 Å². The third-order valence-corrected chi connectivity index (χ3v) is 7.08. The van der Waals surface area contributed by atoms with Crippen molar-refractivity contribution in [2.45, 2.75) is 50.5 Å². The summed E-state index contributed by atoms with van der Waals surface area (Å²) >= 11 is 0. The Morgan fingerprint density at radius 1 is 0.971 bits per heavy atom. The Kier molecular flexibility index (Phi) is 7.50. The molecule has 180 valence electrons. The minimum atomic E-state index is -0.777. The van der Waals surface area contributed by atoms with Crippen molar-refractivity contribution in [3.05, 3.63) is 59.7 Å². The summed E-state index contributed by atoms with van der Waals surface area (Å²) in [6.45, 7) is 0.800. The highest BCUT2D eigenvalue weighted by atomic mass is 16.5. The average molecular weight is 465 g/mol. The number of benzene rings is 2. The number of hydrogen-bond donors (Lipinski definition) is 2. The molecule has 2 aliphatic rings. The van der Waals surface area contributed by atoms with Crippen molar-refractivity contribution < 1.29 is 24.2 Å². The molecule has 0 heterocycles. The van der Waals surface area contributed by atoms with Crippen LogP contribution in [0.2, 0.25) is 0 Å².